The number of nitro benzene ring substituents is 1. The highest BCUT2D eigenvalue weighted by Crippen LogP contribution is 2.24. The molecule has 0 aliphatic heterocycles. The van der Waals surface area contributed by atoms with E-state index in [9.17, 15) is 20.0 Å². The van der Waals surface area contributed by atoms with E-state index >= 15 is 0 Å². The van der Waals surface area contributed by atoms with Gasteiger partial charge in [-0.3, -0.25) is 19.9 Å². The minimum atomic E-state index is -0.579. The second-order valence-corrected chi connectivity index (χ2v) is 3.91. The molecule has 0 bridgehead atoms. The summed E-state index contributed by atoms with van der Waals surface area (Å²) in [6.07, 6.45) is 3.96. The molecule has 0 atom stereocenters. The first kappa shape index (κ1) is 13.4. The van der Waals surface area contributed by atoms with Gasteiger partial charge in [0, 0.05) is 12.3 Å². The topological polar surface area (TPSA) is 93.3 Å². The number of carbonyl (C=O) groups is 1. The molecule has 0 spiro atoms. The predicted octanol–water partition coefficient (Wildman–Crippen LogP) is 2.59. The Bertz CT molecular complexity index is 681. The van der Waals surface area contributed by atoms with E-state index < -0.39 is 4.92 Å². The average Bonchev–Trinajstić information content (AvgIpc) is 2.45. The average molecular weight is 270 g/mol. The van der Waals surface area contributed by atoms with Crippen molar-refractivity contribution in [2.75, 3.05) is 0 Å². The van der Waals surface area contributed by atoms with Gasteiger partial charge in [-0.05, 0) is 36.4 Å². The first-order valence-corrected chi connectivity index (χ1v) is 5.69. The highest BCUT2D eigenvalue weighted by molar-refractivity contribution is 6.05. The van der Waals surface area contributed by atoms with Crippen LogP contribution in [0.15, 0.2) is 48.7 Å². The van der Waals surface area contributed by atoms with Crippen LogP contribution < -0.4 is 0 Å². The summed E-state index contributed by atoms with van der Waals surface area (Å²) in [5.41, 5.74) is 0.207. The van der Waals surface area contributed by atoms with Crippen LogP contribution in [0.2, 0.25) is 0 Å². The summed E-state index contributed by atoms with van der Waals surface area (Å²) >= 11 is 0. The minimum absolute atomic E-state index is 0.111. The number of phenols is 1. The molecule has 0 amide bonds. The summed E-state index contributed by atoms with van der Waals surface area (Å²) in [5, 5.41) is 20.2. The second kappa shape index (κ2) is 5.75. The van der Waals surface area contributed by atoms with E-state index in [4.69, 9.17) is 0 Å². The third kappa shape index (κ3) is 3.05. The van der Waals surface area contributed by atoms with Crippen molar-refractivity contribution >= 4 is 17.5 Å². The fraction of sp³-hybridized carbons (Fsp3) is 0. The number of phenolic OH excluding ortho intramolecular Hbond substituents is 1. The van der Waals surface area contributed by atoms with Crippen LogP contribution in [0.25, 0.3) is 6.08 Å². The maximum absolute atomic E-state index is 11.8. The van der Waals surface area contributed by atoms with E-state index in [2.05, 4.69) is 4.98 Å². The highest BCUT2D eigenvalue weighted by Gasteiger charge is 2.12. The molecule has 100 valence electrons. The van der Waals surface area contributed by atoms with Crippen LogP contribution in [-0.2, 0) is 0 Å². The van der Waals surface area contributed by atoms with E-state index in [0.717, 1.165) is 0 Å². The largest absolute Gasteiger partial charge is 0.508 e. The van der Waals surface area contributed by atoms with Crippen molar-refractivity contribution in [1.29, 1.82) is 0 Å². The molecule has 2 rings (SSSR count). The predicted molar refractivity (Wildman–Crippen MR) is 72.4 cm³/mol. The van der Waals surface area contributed by atoms with E-state index in [-0.39, 0.29) is 28.5 Å². The van der Waals surface area contributed by atoms with Gasteiger partial charge < -0.3 is 5.11 Å². The Labute approximate surface area is 114 Å². The molecule has 0 aliphatic rings. The fourth-order valence-electron chi connectivity index (χ4n) is 1.60. The van der Waals surface area contributed by atoms with Crippen LogP contribution in [-0.4, -0.2) is 20.8 Å². The summed E-state index contributed by atoms with van der Waals surface area (Å²) < 4.78 is 0. The molecule has 2 aromatic rings. The first-order valence-electron chi connectivity index (χ1n) is 5.69. The number of nitrogens with zero attached hydrogens (tertiary/aromatic N) is 2. The third-order valence-corrected chi connectivity index (χ3v) is 2.54. The molecule has 20 heavy (non-hydrogen) atoms. The monoisotopic (exact) mass is 270 g/mol. The summed E-state index contributed by atoms with van der Waals surface area (Å²) in [6.45, 7) is 0. The minimum Gasteiger partial charge on any atom is -0.508 e. The lowest BCUT2D eigenvalue weighted by Gasteiger charge is -1.98. The lowest BCUT2D eigenvalue weighted by Crippen LogP contribution is -1.97. The number of hydrogen-bond donors (Lipinski definition) is 1. The molecule has 1 aromatic carbocycles. The van der Waals surface area contributed by atoms with Gasteiger partial charge in [-0.25, -0.2) is 0 Å². The number of carbonyl (C=O) groups excluding carboxylic acids is 1. The lowest BCUT2D eigenvalue weighted by atomic mass is 10.1. The van der Waals surface area contributed by atoms with Crippen LogP contribution in [0.1, 0.15) is 16.1 Å². The van der Waals surface area contributed by atoms with Crippen molar-refractivity contribution in [2.24, 2.45) is 0 Å². The van der Waals surface area contributed by atoms with Gasteiger partial charge in [0.2, 0.25) is 5.78 Å². The first-order chi connectivity index (χ1) is 9.58. The van der Waals surface area contributed by atoms with Gasteiger partial charge in [0.1, 0.15) is 11.4 Å². The van der Waals surface area contributed by atoms with Gasteiger partial charge in [-0.2, -0.15) is 0 Å². The SMILES string of the molecule is O=C(/C=C/c1cc(O)ccc1[N+](=O)[O-])c1ccccn1. The van der Waals surface area contributed by atoms with Crippen molar-refractivity contribution in [3.05, 3.63) is 70.0 Å². The van der Waals surface area contributed by atoms with Crippen LogP contribution in [0, 0.1) is 10.1 Å². The van der Waals surface area contributed by atoms with Gasteiger partial charge in [-0.1, -0.05) is 6.07 Å². The number of pyridine rings is 1. The number of nitro groups is 1. The van der Waals surface area contributed by atoms with Crippen molar-refractivity contribution < 1.29 is 14.8 Å². The molecule has 0 aliphatic carbocycles. The van der Waals surface area contributed by atoms with Crippen LogP contribution in [0.4, 0.5) is 5.69 Å². The number of ketones is 1. The van der Waals surface area contributed by atoms with Gasteiger partial charge in [0.25, 0.3) is 5.69 Å². The molecular formula is C14H10N2O4. The molecule has 6 heteroatoms. The van der Waals surface area contributed by atoms with E-state index in [1.165, 1.54) is 36.5 Å². The maximum atomic E-state index is 11.8. The zero-order valence-corrected chi connectivity index (χ0v) is 10.3. The zero-order chi connectivity index (χ0) is 14.5. The quantitative estimate of drug-likeness (QED) is 0.399. The van der Waals surface area contributed by atoms with E-state index in [1.807, 2.05) is 0 Å². The van der Waals surface area contributed by atoms with Gasteiger partial charge >= 0.3 is 0 Å². The molecule has 0 unspecified atom stereocenters. The van der Waals surface area contributed by atoms with Crippen LogP contribution in [0.5, 0.6) is 5.75 Å². The number of aromatic hydroxyl groups is 1. The Hall–Kier alpha value is -3.02. The summed E-state index contributed by atoms with van der Waals surface area (Å²) in [4.78, 5) is 25.9. The van der Waals surface area contributed by atoms with E-state index in [1.54, 1.807) is 18.2 Å². The molecule has 0 saturated carbocycles. The smallest absolute Gasteiger partial charge is 0.276 e. The van der Waals surface area contributed by atoms with Crippen molar-refractivity contribution in [2.45, 2.75) is 0 Å². The van der Waals surface area contributed by atoms with Gasteiger partial charge in [0.05, 0.1) is 10.5 Å². The van der Waals surface area contributed by atoms with Gasteiger partial charge in [-0.15, -0.1) is 0 Å². The van der Waals surface area contributed by atoms with Crippen molar-refractivity contribution in [3.63, 3.8) is 0 Å². The Morgan fingerprint density at radius 3 is 2.75 bits per heavy atom. The number of benzene rings is 1. The number of aromatic nitrogens is 1. The highest BCUT2D eigenvalue weighted by atomic mass is 16.6. The molecule has 1 N–H and O–H groups in total. The van der Waals surface area contributed by atoms with Crippen molar-refractivity contribution in [3.8, 4) is 5.75 Å². The zero-order valence-electron chi connectivity index (χ0n) is 10.3. The molecule has 0 saturated heterocycles. The fourth-order valence-corrected chi connectivity index (χ4v) is 1.60. The second-order valence-electron chi connectivity index (χ2n) is 3.91. The molecule has 0 fully saturated rings. The number of rotatable bonds is 4. The summed E-state index contributed by atoms with van der Waals surface area (Å²) in [5.74, 6) is -0.483. The Kier molecular flexibility index (Phi) is 3.85. The molecule has 6 nitrogen and oxygen atoms in total. The Balaban J connectivity index is 2.30. The van der Waals surface area contributed by atoms with Crippen molar-refractivity contribution in [1.82, 2.24) is 4.98 Å². The van der Waals surface area contributed by atoms with Crippen LogP contribution in [0.3, 0.4) is 0 Å². The standard InChI is InChI=1S/C14H10N2O4/c17-11-5-6-13(16(19)20)10(9-11)4-7-14(18)12-3-1-2-8-15-12/h1-9,17H/b7-4+. The normalized spacial score (nSPS) is 10.6. The lowest BCUT2D eigenvalue weighted by molar-refractivity contribution is -0.385. The number of allylic oxidation sites excluding steroid dienone is 1. The third-order valence-electron chi connectivity index (χ3n) is 2.54. The molecular weight excluding hydrogens is 260 g/mol. The van der Waals surface area contributed by atoms with Crippen LogP contribution >= 0.6 is 0 Å². The summed E-state index contributed by atoms with van der Waals surface area (Å²) in [7, 11) is 0. The molecule has 1 aromatic heterocycles. The molecule has 0 radical (unpaired) electrons. The van der Waals surface area contributed by atoms with E-state index in [0.29, 0.717) is 0 Å². The maximum Gasteiger partial charge on any atom is 0.276 e. The Morgan fingerprint density at radius 2 is 2.10 bits per heavy atom. The summed E-state index contributed by atoms with van der Waals surface area (Å²) in [6, 6.07) is 8.52. The Morgan fingerprint density at radius 1 is 1.30 bits per heavy atom. The number of hydrogen-bond acceptors (Lipinski definition) is 5. The molecule has 1 heterocycles. The van der Waals surface area contributed by atoms with Gasteiger partial charge in [0.15, 0.2) is 0 Å².